The highest BCUT2D eigenvalue weighted by molar-refractivity contribution is 7.98. The van der Waals surface area contributed by atoms with Crippen molar-refractivity contribution in [1.82, 2.24) is 4.72 Å². The minimum Gasteiger partial charge on any atom is -0.444 e. The highest BCUT2D eigenvalue weighted by Gasteiger charge is 2.12. The molecule has 1 aromatic rings. The van der Waals surface area contributed by atoms with Crippen LogP contribution in [0.2, 0.25) is 10.0 Å². The average Bonchev–Trinajstić information content (AvgIpc) is 2.44. The van der Waals surface area contributed by atoms with Crippen LogP contribution in [-0.2, 0) is 9.53 Å². The van der Waals surface area contributed by atoms with Gasteiger partial charge in [0, 0.05) is 11.3 Å². The van der Waals surface area contributed by atoms with Crippen molar-refractivity contribution >= 4 is 47.2 Å². The number of hydrogen-bond acceptors (Lipinski definition) is 4. The number of halogens is 2. The summed E-state index contributed by atoms with van der Waals surface area (Å²) in [6.07, 6.45) is 0.691. The standard InChI is InChI=1S/C12H15Cl2NOS.C5H11NO2/c1-8(2)6-7-11(16)15-17-10-5-3-4-9(13)12(10)14;1-5(2,3)8-4(6)7/h3-5,8H,6-7H2,1-2H3,(H,15,16);1-3H3,(H2,6,7). The summed E-state index contributed by atoms with van der Waals surface area (Å²) < 4.78 is 7.33. The van der Waals surface area contributed by atoms with Gasteiger partial charge < -0.3 is 10.5 Å². The quantitative estimate of drug-likeness (QED) is 0.635. The number of benzene rings is 1. The normalized spacial score (nSPS) is 10.7. The summed E-state index contributed by atoms with van der Waals surface area (Å²) in [5.41, 5.74) is 4.26. The van der Waals surface area contributed by atoms with E-state index in [1.54, 1.807) is 32.9 Å². The Balaban J connectivity index is 0.000000609. The number of carbonyl (C=O) groups excluding carboxylic acids is 2. The Hall–Kier alpha value is -1.11. The summed E-state index contributed by atoms with van der Waals surface area (Å²) in [5, 5.41) is 0.969. The number of rotatable bonds is 5. The van der Waals surface area contributed by atoms with Gasteiger partial charge in [0.25, 0.3) is 0 Å². The fraction of sp³-hybridized carbons (Fsp3) is 0.529. The summed E-state index contributed by atoms with van der Waals surface area (Å²) >= 11 is 13.1. The van der Waals surface area contributed by atoms with Gasteiger partial charge in [0.1, 0.15) is 5.60 Å². The number of carbonyl (C=O) groups is 2. The fourth-order valence-corrected chi connectivity index (χ4v) is 2.59. The van der Waals surface area contributed by atoms with Crippen molar-refractivity contribution < 1.29 is 14.3 Å². The van der Waals surface area contributed by atoms with Crippen molar-refractivity contribution in [2.75, 3.05) is 0 Å². The van der Waals surface area contributed by atoms with Gasteiger partial charge in [-0.25, -0.2) is 4.79 Å². The molecular formula is C17H26Cl2N2O3S. The summed E-state index contributed by atoms with van der Waals surface area (Å²) in [4.78, 5) is 22.3. The summed E-state index contributed by atoms with van der Waals surface area (Å²) in [7, 11) is 0. The second kappa shape index (κ2) is 11.5. The molecular weight excluding hydrogens is 383 g/mol. The van der Waals surface area contributed by atoms with E-state index in [0.29, 0.717) is 22.4 Å². The van der Waals surface area contributed by atoms with Gasteiger partial charge >= 0.3 is 6.09 Å². The van der Waals surface area contributed by atoms with Crippen LogP contribution in [0.25, 0.3) is 0 Å². The molecule has 0 aromatic heterocycles. The molecule has 2 amide bonds. The zero-order valence-electron chi connectivity index (χ0n) is 15.2. The largest absolute Gasteiger partial charge is 0.444 e. The summed E-state index contributed by atoms with van der Waals surface area (Å²) in [5.74, 6) is 0.542. The number of nitrogens with one attached hydrogen (secondary N) is 1. The lowest BCUT2D eigenvalue weighted by atomic mass is 10.1. The van der Waals surface area contributed by atoms with Gasteiger partial charge in [-0.3, -0.25) is 9.52 Å². The molecule has 0 heterocycles. The van der Waals surface area contributed by atoms with Crippen LogP contribution >= 0.6 is 35.1 Å². The van der Waals surface area contributed by atoms with Gasteiger partial charge in [-0.1, -0.05) is 43.1 Å². The molecule has 0 spiro atoms. The molecule has 0 aliphatic rings. The molecule has 1 aromatic carbocycles. The van der Waals surface area contributed by atoms with Crippen LogP contribution in [-0.4, -0.2) is 17.6 Å². The van der Waals surface area contributed by atoms with E-state index in [1.165, 1.54) is 11.9 Å². The molecule has 0 atom stereocenters. The molecule has 5 nitrogen and oxygen atoms in total. The molecule has 0 fully saturated rings. The van der Waals surface area contributed by atoms with E-state index in [2.05, 4.69) is 23.3 Å². The van der Waals surface area contributed by atoms with Gasteiger partial charge in [0.15, 0.2) is 0 Å². The zero-order chi connectivity index (χ0) is 19.6. The number of nitrogens with two attached hydrogens (primary N) is 1. The third-order valence-electron chi connectivity index (χ3n) is 2.55. The molecule has 0 unspecified atom stereocenters. The molecule has 8 heteroatoms. The Labute approximate surface area is 164 Å². The van der Waals surface area contributed by atoms with Gasteiger partial charge in [-0.2, -0.15) is 0 Å². The lowest BCUT2D eigenvalue weighted by Crippen LogP contribution is -2.27. The Morgan fingerprint density at radius 1 is 1.28 bits per heavy atom. The van der Waals surface area contributed by atoms with Gasteiger partial charge in [0.05, 0.1) is 10.0 Å². The van der Waals surface area contributed by atoms with Crippen LogP contribution in [0.3, 0.4) is 0 Å². The predicted molar refractivity (Wildman–Crippen MR) is 105 cm³/mol. The topological polar surface area (TPSA) is 81.4 Å². The third-order valence-corrected chi connectivity index (χ3v) is 4.37. The summed E-state index contributed by atoms with van der Waals surface area (Å²) in [6, 6.07) is 5.34. The first-order chi connectivity index (χ1) is 11.4. The Bertz CT molecular complexity index is 576. The lowest BCUT2D eigenvalue weighted by molar-refractivity contribution is -0.119. The van der Waals surface area contributed by atoms with Crippen molar-refractivity contribution in [3.63, 3.8) is 0 Å². The highest BCUT2D eigenvalue weighted by atomic mass is 35.5. The molecule has 0 saturated heterocycles. The van der Waals surface area contributed by atoms with E-state index in [1.807, 2.05) is 6.07 Å². The second-order valence-corrected chi connectivity index (χ2v) is 8.28. The SMILES string of the molecule is CC(C)(C)OC(N)=O.CC(C)CCC(=O)NSc1cccc(Cl)c1Cl. The molecule has 142 valence electrons. The minimum absolute atomic E-state index is 0.0137. The first-order valence-corrected chi connectivity index (χ1v) is 9.37. The van der Waals surface area contributed by atoms with Crippen molar-refractivity contribution in [1.29, 1.82) is 0 Å². The second-order valence-electron chi connectivity index (χ2n) is 6.65. The Morgan fingerprint density at radius 3 is 2.32 bits per heavy atom. The van der Waals surface area contributed by atoms with Crippen LogP contribution in [0.1, 0.15) is 47.5 Å². The first-order valence-electron chi connectivity index (χ1n) is 7.80. The fourth-order valence-electron chi connectivity index (χ4n) is 1.45. The zero-order valence-corrected chi connectivity index (χ0v) is 17.5. The van der Waals surface area contributed by atoms with Gasteiger partial charge in [-0.05, 0) is 57.2 Å². The van der Waals surface area contributed by atoms with E-state index >= 15 is 0 Å². The van der Waals surface area contributed by atoms with Crippen LogP contribution < -0.4 is 10.5 Å². The molecule has 0 aliphatic carbocycles. The third kappa shape index (κ3) is 12.8. The molecule has 25 heavy (non-hydrogen) atoms. The Morgan fingerprint density at radius 2 is 1.88 bits per heavy atom. The van der Waals surface area contributed by atoms with E-state index in [-0.39, 0.29) is 5.91 Å². The average molecular weight is 409 g/mol. The van der Waals surface area contributed by atoms with Crippen LogP contribution in [0.15, 0.2) is 23.1 Å². The molecule has 3 N–H and O–H groups in total. The van der Waals surface area contributed by atoms with E-state index in [4.69, 9.17) is 28.9 Å². The molecule has 0 radical (unpaired) electrons. The van der Waals surface area contributed by atoms with Crippen LogP contribution in [0, 0.1) is 5.92 Å². The predicted octanol–water partition coefficient (Wildman–Crippen LogP) is 5.43. The van der Waals surface area contributed by atoms with Crippen molar-refractivity contribution in [2.45, 2.75) is 58.0 Å². The highest BCUT2D eigenvalue weighted by Crippen LogP contribution is 2.31. The van der Waals surface area contributed by atoms with E-state index in [0.717, 1.165) is 11.3 Å². The maximum absolute atomic E-state index is 11.5. The number of ether oxygens (including phenoxy) is 1. The van der Waals surface area contributed by atoms with Crippen LogP contribution in [0.4, 0.5) is 4.79 Å². The van der Waals surface area contributed by atoms with Crippen LogP contribution in [0.5, 0.6) is 0 Å². The first kappa shape index (κ1) is 23.9. The van der Waals surface area contributed by atoms with Crippen molar-refractivity contribution in [3.05, 3.63) is 28.2 Å². The lowest BCUT2D eigenvalue weighted by Gasteiger charge is -2.16. The van der Waals surface area contributed by atoms with E-state index in [9.17, 15) is 9.59 Å². The maximum Gasteiger partial charge on any atom is 0.405 e. The maximum atomic E-state index is 11.5. The van der Waals surface area contributed by atoms with Crippen molar-refractivity contribution in [2.24, 2.45) is 11.7 Å². The monoisotopic (exact) mass is 408 g/mol. The smallest absolute Gasteiger partial charge is 0.405 e. The van der Waals surface area contributed by atoms with Gasteiger partial charge in [-0.15, -0.1) is 0 Å². The van der Waals surface area contributed by atoms with E-state index < -0.39 is 11.7 Å². The minimum atomic E-state index is -0.725. The molecule has 0 saturated carbocycles. The van der Waals surface area contributed by atoms with Gasteiger partial charge in [0.2, 0.25) is 5.91 Å². The Kier molecular flexibility index (Phi) is 11.0. The number of primary amides is 1. The number of amides is 2. The van der Waals surface area contributed by atoms with Crippen molar-refractivity contribution in [3.8, 4) is 0 Å². The molecule has 0 bridgehead atoms. The molecule has 0 aliphatic heterocycles. The molecule has 1 rings (SSSR count). The summed E-state index contributed by atoms with van der Waals surface area (Å²) in [6.45, 7) is 9.47. The number of hydrogen-bond donors (Lipinski definition) is 2.